The second kappa shape index (κ2) is 7.46. The van der Waals surface area contributed by atoms with Crippen LogP contribution in [0.5, 0.6) is 11.5 Å². The van der Waals surface area contributed by atoms with Crippen molar-refractivity contribution >= 4 is 5.95 Å². The molecule has 3 heterocycles. The van der Waals surface area contributed by atoms with E-state index in [1.165, 1.54) is 5.56 Å². The van der Waals surface area contributed by atoms with Crippen LogP contribution in [-0.2, 0) is 5.60 Å². The van der Waals surface area contributed by atoms with Crippen molar-refractivity contribution in [2.24, 2.45) is 0 Å². The van der Waals surface area contributed by atoms with Gasteiger partial charge in [0.2, 0.25) is 12.7 Å². The lowest BCUT2D eigenvalue weighted by Crippen LogP contribution is -2.47. The number of piperazine rings is 1. The average molecular weight is 396 g/mol. The van der Waals surface area contributed by atoms with Crippen LogP contribution in [0, 0.1) is 0 Å². The Balaban J connectivity index is 1.21. The molecule has 2 aromatic rings. The van der Waals surface area contributed by atoms with Gasteiger partial charge in [0.25, 0.3) is 0 Å². The van der Waals surface area contributed by atoms with E-state index < -0.39 is 5.60 Å². The molecule has 29 heavy (non-hydrogen) atoms. The minimum Gasteiger partial charge on any atom is -0.454 e. The van der Waals surface area contributed by atoms with Crippen LogP contribution < -0.4 is 14.4 Å². The van der Waals surface area contributed by atoms with Crippen LogP contribution in [0.3, 0.4) is 0 Å². The van der Waals surface area contributed by atoms with Crippen molar-refractivity contribution in [3.8, 4) is 11.5 Å². The summed E-state index contributed by atoms with van der Waals surface area (Å²) < 4.78 is 10.9. The van der Waals surface area contributed by atoms with E-state index in [2.05, 4.69) is 38.8 Å². The molecule has 3 aliphatic rings. The number of aromatic nitrogens is 2. The first-order valence-electron chi connectivity index (χ1n) is 10.6. The van der Waals surface area contributed by atoms with Crippen molar-refractivity contribution in [2.45, 2.75) is 44.2 Å². The van der Waals surface area contributed by atoms with Gasteiger partial charge < -0.3 is 19.5 Å². The van der Waals surface area contributed by atoms with Gasteiger partial charge in [0.05, 0.1) is 5.60 Å². The van der Waals surface area contributed by atoms with Gasteiger partial charge in [0.1, 0.15) is 0 Å². The molecule has 0 spiro atoms. The largest absolute Gasteiger partial charge is 0.454 e. The summed E-state index contributed by atoms with van der Waals surface area (Å²) in [5.41, 5.74) is 1.37. The summed E-state index contributed by atoms with van der Waals surface area (Å²) in [6.45, 7) is 6.22. The number of ether oxygens (including phenoxy) is 2. The highest BCUT2D eigenvalue weighted by molar-refractivity contribution is 5.45. The van der Waals surface area contributed by atoms with Gasteiger partial charge in [0.15, 0.2) is 11.5 Å². The summed E-state index contributed by atoms with van der Waals surface area (Å²) in [5.74, 6) is 2.42. The molecular formula is C22H28N4O3. The highest BCUT2D eigenvalue weighted by atomic mass is 16.7. The van der Waals surface area contributed by atoms with Gasteiger partial charge in [-0.3, -0.25) is 4.90 Å². The lowest BCUT2D eigenvalue weighted by molar-refractivity contribution is 0.0437. The zero-order chi connectivity index (χ0) is 19.8. The fourth-order valence-corrected chi connectivity index (χ4v) is 4.67. The topological polar surface area (TPSA) is 71.0 Å². The number of benzene rings is 1. The monoisotopic (exact) mass is 396 g/mol. The highest BCUT2D eigenvalue weighted by Crippen LogP contribution is 2.38. The summed E-state index contributed by atoms with van der Waals surface area (Å²) in [7, 11) is 0. The van der Waals surface area contributed by atoms with Crippen molar-refractivity contribution in [3.05, 3.63) is 41.7 Å². The Labute approximate surface area is 171 Å². The van der Waals surface area contributed by atoms with Crippen molar-refractivity contribution < 1.29 is 14.6 Å². The first kappa shape index (κ1) is 18.6. The minimum atomic E-state index is -0.725. The Kier molecular flexibility index (Phi) is 4.80. The van der Waals surface area contributed by atoms with Crippen LogP contribution in [-0.4, -0.2) is 52.9 Å². The molecule has 0 bridgehead atoms. The molecule has 0 radical (unpaired) electrons. The Bertz CT molecular complexity index is 859. The molecule has 1 atom stereocenters. The molecule has 1 aromatic heterocycles. The van der Waals surface area contributed by atoms with Gasteiger partial charge in [-0.2, -0.15) is 0 Å². The van der Waals surface area contributed by atoms with Gasteiger partial charge in [-0.25, -0.2) is 9.97 Å². The first-order valence-corrected chi connectivity index (χ1v) is 10.6. The number of hydrogen-bond acceptors (Lipinski definition) is 7. The molecule has 0 amide bonds. The zero-order valence-corrected chi connectivity index (χ0v) is 16.9. The summed E-state index contributed by atoms with van der Waals surface area (Å²) in [4.78, 5) is 13.8. The lowest BCUT2D eigenvalue weighted by Gasteiger charge is -2.38. The maximum absolute atomic E-state index is 10.7. The van der Waals surface area contributed by atoms with E-state index in [0.717, 1.165) is 74.9 Å². The standard InChI is InChI=1S/C22H28N4O3/c1-16(17-4-5-19-20(12-17)29-15-28-19)25-8-10-26(11-9-25)21-23-13-18(14-24-21)22(27)6-2-3-7-22/h4-5,12-14,16,27H,2-3,6-11,15H2,1H3. The quantitative estimate of drug-likeness (QED) is 0.852. The molecule has 7 heteroatoms. The van der Waals surface area contributed by atoms with E-state index in [1.807, 2.05) is 18.5 Å². The smallest absolute Gasteiger partial charge is 0.231 e. The summed E-state index contributed by atoms with van der Waals surface area (Å²) >= 11 is 0. The SMILES string of the molecule is CC(c1ccc2c(c1)OCO2)N1CCN(c2ncc(C3(O)CCCC3)cn2)CC1. The summed E-state index contributed by atoms with van der Waals surface area (Å²) in [6.07, 6.45) is 7.40. The number of rotatable bonds is 4. The van der Waals surface area contributed by atoms with Crippen molar-refractivity contribution in [2.75, 3.05) is 37.9 Å². The molecule has 5 rings (SSSR count). The first-order chi connectivity index (χ1) is 14.1. The normalized spacial score (nSPS) is 22.1. The van der Waals surface area contributed by atoms with E-state index in [-0.39, 0.29) is 0 Å². The van der Waals surface area contributed by atoms with Crippen molar-refractivity contribution in [1.29, 1.82) is 0 Å². The lowest BCUT2D eigenvalue weighted by atomic mass is 9.95. The van der Waals surface area contributed by atoms with Crippen molar-refractivity contribution in [1.82, 2.24) is 14.9 Å². The van der Waals surface area contributed by atoms with E-state index in [0.29, 0.717) is 12.8 Å². The number of fused-ring (bicyclic) bond motifs is 1. The molecular weight excluding hydrogens is 368 g/mol. The maximum Gasteiger partial charge on any atom is 0.231 e. The molecule has 1 aromatic carbocycles. The minimum absolute atomic E-state index is 0.308. The molecule has 7 nitrogen and oxygen atoms in total. The Morgan fingerprint density at radius 2 is 1.69 bits per heavy atom. The molecule has 1 unspecified atom stereocenters. The van der Waals surface area contributed by atoms with Crippen LogP contribution in [0.15, 0.2) is 30.6 Å². The third-order valence-electron chi connectivity index (χ3n) is 6.63. The van der Waals surface area contributed by atoms with Crippen LogP contribution >= 0.6 is 0 Å². The molecule has 1 aliphatic carbocycles. The van der Waals surface area contributed by atoms with Gasteiger partial charge >= 0.3 is 0 Å². The van der Waals surface area contributed by atoms with E-state index in [9.17, 15) is 5.11 Å². The van der Waals surface area contributed by atoms with Crippen LogP contribution in [0.1, 0.15) is 49.8 Å². The zero-order valence-electron chi connectivity index (χ0n) is 16.9. The van der Waals surface area contributed by atoms with Crippen molar-refractivity contribution in [3.63, 3.8) is 0 Å². The molecule has 1 saturated carbocycles. The number of nitrogens with zero attached hydrogens (tertiary/aromatic N) is 4. The van der Waals surface area contributed by atoms with Crippen LogP contribution in [0.4, 0.5) is 5.95 Å². The van der Waals surface area contributed by atoms with E-state index in [4.69, 9.17) is 9.47 Å². The van der Waals surface area contributed by atoms with E-state index >= 15 is 0 Å². The summed E-state index contributed by atoms with van der Waals surface area (Å²) in [5, 5.41) is 10.7. The fourth-order valence-electron chi connectivity index (χ4n) is 4.67. The number of hydrogen-bond donors (Lipinski definition) is 1. The Morgan fingerprint density at radius 3 is 2.41 bits per heavy atom. The molecule has 2 aliphatic heterocycles. The predicted molar refractivity (Wildman–Crippen MR) is 109 cm³/mol. The second-order valence-electron chi connectivity index (χ2n) is 8.32. The molecule has 2 fully saturated rings. The van der Waals surface area contributed by atoms with Gasteiger partial charge in [-0.05, 0) is 37.5 Å². The number of aliphatic hydroxyl groups is 1. The highest BCUT2D eigenvalue weighted by Gasteiger charge is 2.34. The molecule has 154 valence electrons. The Hall–Kier alpha value is -2.38. The van der Waals surface area contributed by atoms with Crippen LogP contribution in [0.2, 0.25) is 0 Å². The Morgan fingerprint density at radius 1 is 1.00 bits per heavy atom. The van der Waals surface area contributed by atoms with Crippen LogP contribution in [0.25, 0.3) is 0 Å². The van der Waals surface area contributed by atoms with Gasteiger partial charge in [-0.1, -0.05) is 18.9 Å². The third kappa shape index (κ3) is 3.53. The fraction of sp³-hybridized carbons (Fsp3) is 0.545. The average Bonchev–Trinajstić information content (AvgIpc) is 3.42. The molecule has 1 saturated heterocycles. The molecule has 1 N–H and O–H groups in total. The predicted octanol–water partition coefficient (Wildman–Crippen LogP) is 2.85. The van der Waals surface area contributed by atoms with Gasteiger partial charge in [0, 0.05) is 50.2 Å². The maximum atomic E-state index is 10.7. The number of anilines is 1. The summed E-state index contributed by atoms with van der Waals surface area (Å²) in [6, 6.07) is 6.53. The third-order valence-corrected chi connectivity index (χ3v) is 6.63. The van der Waals surface area contributed by atoms with E-state index in [1.54, 1.807) is 0 Å². The van der Waals surface area contributed by atoms with Gasteiger partial charge in [-0.15, -0.1) is 0 Å². The second-order valence-corrected chi connectivity index (χ2v) is 8.32.